The molecular weight excluding hydrogens is 298 g/mol. The van der Waals surface area contributed by atoms with Crippen LogP contribution < -0.4 is 21.5 Å². The van der Waals surface area contributed by atoms with Crippen LogP contribution in [0.25, 0.3) is 0 Å². The Balaban J connectivity index is 1.89. The van der Waals surface area contributed by atoms with E-state index in [1.165, 1.54) is 0 Å². The minimum absolute atomic E-state index is 0.187. The van der Waals surface area contributed by atoms with Gasteiger partial charge in [-0.15, -0.1) is 0 Å². The summed E-state index contributed by atoms with van der Waals surface area (Å²) in [5, 5.41) is 12.5. The third-order valence-corrected chi connectivity index (χ3v) is 3.83. The first-order valence-corrected chi connectivity index (χ1v) is 7.75. The monoisotopic (exact) mass is 321 g/mol. The first kappa shape index (κ1) is 17.2. The van der Waals surface area contributed by atoms with Gasteiger partial charge in [-0.2, -0.15) is 0 Å². The number of ether oxygens (including phenoxy) is 1. The molecule has 2 amide bonds. The number of hydrogen-bond acceptors (Lipinski definition) is 5. The summed E-state index contributed by atoms with van der Waals surface area (Å²) in [6.07, 6.45) is 2.85. The first-order chi connectivity index (χ1) is 11.0. The molecule has 0 aromatic heterocycles. The fourth-order valence-electron chi connectivity index (χ4n) is 2.55. The Morgan fingerprint density at radius 1 is 1.26 bits per heavy atom. The van der Waals surface area contributed by atoms with Crippen molar-refractivity contribution in [1.29, 1.82) is 0 Å². The average Bonchev–Trinajstić information content (AvgIpc) is 2.50. The predicted molar refractivity (Wildman–Crippen MR) is 85.7 cm³/mol. The summed E-state index contributed by atoms with van der Waals surface area (Å²) in [6, 6.07) is 5.83. The second-order valence-corrected chi connectivity index (χ2v) is 5.80. The van der Waals surface area contributed by atoms with Crippen molar-refractivity contribution in [1.82, 2.24) is 0 Å². The fourth-order valence-corrected chi connectivity index (χ4v) is 2.55. The maximum atomic E-state index is 11.8. The van der Waals surface area contributed by atoms with Crippen LogP contribution in [0.15, 0.2) is 24.3 Å². The van der Waals surface area contributed by atoms with E-state index in [1.54, 1.807) is 24.3 Å². The van der Waals surface area contributed by atoms with Gasteiger partial charge in [0.25, 0.3) is 0 Å². The molecule has 23 heavy (non-hydrogen) atoms. The first-order valence-electron chi connectivity index (χ1n) is 7.75. The molecule has 3 unspecified atom stereocenters. The van der Waals surface area contributed by atoms with Crippen LogP contribution in [-0.4, -0.2) is 35.2 Å². The van der Waals surface area contributed by atoms with Gasteiger partial charge < -0.3 is 26.6 Å². The van der Waals surface area contributed by atoms with Gasteiger partial charge in [-0.25, -0.2) is 0 Å². The van der Waals surface area contributed by atoms with E-state index in [4.69, 9.17) is 16.2 Å². The van der Waals surface area contributed by atoms with Crippen LogP contribution in [0.2, 0.25) is 0 Å². The lowest BCUT2D eigenvalue weighted by atomic mass is 9.95. The molecule has 1 saturated carbocycles. The lowest BCUT2D eigenvalue weighted by Crippen LogP contribution is -2.39. The predicted octanol–water partition coefficient (Wildman–Crippen LogP) is 0.510. The maximum Gasteiger partial charge on any atom is 0.241 e. The maximum absolute atomic E-state index is 11.8. The van der Waals surface area contributed by atoms with Crippen molar-refractivity contribution < 1.29 is 19.4 Å². The van der Waals surface area contributed by atoms with Crippen LogP contribution in [0, 0.1) is 0 Å². The number of rotatable bonds is 6. The average molecular weight is 321 g/mol. The summed E-state index contributed by atoms with van der Waals surface area (Å²) in [4.78, 5) is 22.5. The highest BCUT2D eigenvalue weighted by molar-refractivity contribution is 5.97. The number of aliphatic hydroxyl groups excluding tert-OH is 1. The van der Waals surface area contributed by atoms with Gasteiger partial charge in [0.2, 0.25) is 11.8 Å². The number of carbonyl (C=O) groups is 2. The van der Waals surface area contributed by atoms with Crippen LogP contribution in [0.1, 0.15) is 32.1 Å². The van der Waals surface area contributed by atoms with Gasteiger partial charge >= 0.3 is 0 Å². The normalized spacial score (nSPS) is 22.2. The topological polar surface area (TPSA) is 128 Å². The molecule has 7 nitrogen and oxygen atoms in total. The quantitative estimate of drug-likeness (QED) is 0.607. The molecule has 0 radical (unpaired) electrons. The zero-order valence-corrected chi connectivity index (χ0v) is 12.9. The molecule has 126 valence electrons. The van der Waals surface area contributed by atoms with Gasteiger partial charge in [-0.05, 0) is 43.5 Å². The van der Waals surface area contributed by atoms with Gasteiger partial charge in [0.1, 0.15) is 11.9 Å². The minimum atomic E-state index is -0.971. The number of primary amides is 1. The van der Waals surface area contributed by atoms with Crippen LogP contribution in [0.4, 0.5) is 5.69 Å². The summed E-state index contributed by atoms with van der Waals surface area (Å²) in [5.74, 6) is -0.460. The lowest BCUT2D eigenvalue weighted by molar-refractivity contribution is -0.123. The highest BCUT2D eigenvalue weighted by atomic mass is 16.5. The summed E-state index contributed by atoms with van der Waals surface area (Å²) in [6.45, 7) is 0. The zero-order valence-electron chi connectivity index (χ0n) is 12.9. The molecule has 0 bridgehead atoms. The van der Waals surface area contributed by atoms with Crippen molar-refractivity contribution in [3.05, 3.63) is 24.3 Å². The third kappa shape index (κ3) is 5.22. The second kappa shape index (κ2) is 7.94. The van der Waals surface area contributed by atoms with Gasteiger partial charge in [0.05, 0.1) is 18.6 Å². The van der Waals surface area contributed by atoms with E-state index in [-0.39, 0.29) is 12.5 Å². The minimum Gasteiger partial charge on any atom is -0.488 e. The highest BCUT2D eigenvalue weighted by Crippen LogP contribution is 2.24. The summed E-state index contributed by atoms with van der Waals surface area (Å²) >= 11 is 0. The Morgan fingerprint density at radius 2 is 1.91 bits per heavy atom. The summed E-state index contributed by atoms with van der Waals surface area (Å²) < 4.78 is 5.78. The van der Waals surface area contributed by atoms with Gasteiger partial charge in [0, 0.05) is 5.69 Å². The Morgan fingerprint density at radius 3 is 2.52 bits per heavy atom. The van der Waals surface area contributed by atoms with Crippen molar-refractivity contribution in [3.8, 4) is 5.75 Å². The zero-order chi connectivity index (χ0) is 16.8. The standard InChI is InChI=1S/C16H23N3O4/c17-12(9-15(18)21)16(22)19-10-5-7-11(8-6-10)23-14-4-2-1-3-13(14)20/h5-8,12-14,20H,1-4,9,17H2,(H2,18,21)(H,19,22). The Labute approximate surface area is 135 Å². The number of hydrogen-bond donors (Lipinski definition) is 4. The second-order valence-electron chi connectivity index (χ2n) is 5.80. The molecule has 7 heteroatoms. The number of aliphatic hydroxyl groups is 1. The van der Waals surface area contributed by atoms with Gasteiger partial charge in [-0.3, -0.25) is 9.59 Å². The largest absolute Gasteiger partial charge is 0.488 e. The molecule has 1 aliphatic rings. The molecule has 6 N–H and O–H groups in total. The fraction of sp³-hybridized carbons (Fsp3) is 0.500. The molecule has 0 heterocycles. The Kier molecular flexibility index (Phi) is 5.95. The number of anilines is 1. The van der Waals surface area contributed by atoms with Crippen molar-refractivity contribution in [2.45, 2.75) is 50.4 Å². The van der Waals surface area contributed by atoms with Crippen LogP contribution in [0.3, 0.4) is 0 Å². The van der Waals surface area contributed by atoms with Crippen molar-refractivity contribution in [2.75, 3.05) is 5.32 Å². The van der Waals surface area contributed by atoms with Crippen molar-refractivity contribution in [2.24, 2.45) is 11.5 Å². The molecule has 2 rings (SSSR count). The highest BCUT2D eigenvalue weighted by Gasteiger charge is 2.24. The molecule has 1 aromatic carbocycles. The van der Waals surface area contributed by atoms with E-state index < -0.39 is 24.0 Å². The third-order valence-electron chi connectivity index (χ3n) is 3.83. The number of benzene rings is 1. The molecule has 1 aromatic rings. The molecule has 1 fully saturated rings. The van der Waals surface area contributed by atoms with Gasteiger partial charge in [-0.1, -0.05) is 6.42 Å². The number of amides is 2. The van der Waals surface area contributed by atoms with E-state index in [0.29, 0.717) is 11.4 Å². The molecule has 1 aliphatic carbocycles. The number of carbonyl (C=O) groups excluding carboxylic acids is 2. The SMILES string of the molecule is NC(=O)CC(N)C(=O)Nc1ccc(OC2CCCCC2O)cc1. The number of nitrogens with two attached hydrogens (primary N) is 2. The lowest BCUT2D eigenvalue weighted by Gasteiger charge is -2.28. The molecule has 3 atom stereocenters. The van der Waals surface area contributed by atoms with Crippen molar-refractivity contribution >= 4 is 17.5 Å². The van der Waals surface area contributed by atoms with Crippen LogP contribution in [0.5, 0.6) is 5.75 Å². The van der Waals surface area contributed by atoms with Gasteiger partial charge in [0.15, 0.2) is 0 Å². The Hall–Kier alpha value is -2.12. The van der Waals surface area contributed by atoms with E-state index in [0.717, 1.165) is 25.7 Å². The number of nitrogens with one attached hydrogen (secondary N) is 1. The molecule has 0 saturated heterocycles. The Bertz CT molecular complexity index is 547. The smallest absolute Gasteiger partial charge is 0.241 e. The van der Waals surface area contributed by atoms with E-state index >= 15 is 0 Å². The molecule has 0 aliphatic heterocycles. The van der Waals surface area contributed by atoms with Crippen LogP contribution in [-0.2, 0) is 9.59 Å². The van der Waals surface area contributed by atoms with E-state index in [9.17, 15) is 14.7 Å². The molecule has 0 spiro atoms. The van der Waals surface area contributed by atoms with Crippen LogP contribution >= 0.6 is 0 Å². The molecular formula is C16H23N3O4. The summed E-state index contributed by atoms with van der Waals surface area (Å²) in [5.41, 5.74) is 11.1. The summed E-state index contributed by atoms with van der Waals surface area (Å²) in [7, 11) is 0. The van der Waals surface area contributed by atoms with E-state index in [2.05, 4.69) is 5.32 Å². The van der Waals surface area contributed by atoms with Crippen molar-refractivity contribution in [3.63, 3.8) is 0 Å². The van der Waals surface area contributed by atoms with E-state index in [1.807, 2.05) is 0 Å².